The molecule has 180 valence electrons. The summed E-state index contributed by atoms with van der Waals surface area (Å²) in [5, 5.41) is 10.1. The first kappa shape index (κ1) is 25.5. The van der Waals surface area contributed by atoms with Gasteiger partial charge in [0.1, 0.15) is 5.75 Å². The van der Waals surface area contributed by atoms with Crippen LogP contribution in [0, 0.1) is 5.92 Å². The average molecular weight is 584 g/mol. The Labute approximate surface area is 222 Å². The van der Waals surface area contributed by atoms with Crippen LogP contribution in [0.5, 0.6) is 5.75 Å². The average Bonchev–Trinajstić information content (AvgIpc) is 2.87. The molecule has 0 unspecified atom stereocenters. The first-order valence-electron chi connectivity index (χ1n) is 12.9. The SMILES string of the molecule is CCCCCC1CCC(c2ccc(-c3ccc(-c4cc(Br)c(O)c(Br)c4)cc3CC)cc2)CC1. The highest BCUT2D eigenvalue weighted by Gasteiger charge is 2.22. The maximum atomic E-state index is 10.1. The minimum atomic E-state index is 0.237. The van der Waals surface area contributed by atoms with Gasteiger partial charge in [0.2, 0.25) is 0 Å². The number of hydrogen-bond donors (Lipinski definition) is 1. The molecule has 3 aromatic rings. The van der Waals surface area contributed by atoms with E-state index < -0.39 is 0 Å². The molecule has 0 bridgehead atoms. The van der Waals surface area contributed by atoms with Crippen molar-refractivity contribution in [3.05, 3.63) is 74.7 Å². The molecular formula is C31H36Br2O. The van der Waals surface area contributed by atoms with Gasteiger partial charge < -0.3 is 5.11 Å². The van der Waals surface area contributed by atoms with Crippen LogP contribution >= 0.6 is 31.9 Å². The molecule has 1 nitrogen and oxygen atoms in total. The Hall–Kier alpha value is -1.58. The third-order valence-electron chi connectivity index (χ3n) is 7.59. The quantitative estimate of drug-likeness (QED) is 0.261. The molecule has 3 heteroatoms. The molecule has 0 heterocycles. The van der Waals surface area contributed by atoms with Gasteiger partial charge in [-0.25, -0.2) is 0 Å². The van der Waals surface area contributed by atoms with Crippen molar-refractivity contribution in [1.82, 2.24) is 0 Å². The van der Waals surface area contributed by atoms with Gasteiger partial charge in [0.05, 0.1) is 8.95 Å². The van der Waals surface area contributed by atoms with Gasteiger partial charge >= 0.3 is 0 Å². The number of aryl methyl sites for hydroxylation is 1. The second-order valence-electron chi connectivity index (χ2n) is 9.85. The summed E-state index contributed by atoms with van der Waals surface area (Å²) in [6.07, 6.45) is 12.1. The highest BCUT2D eigenvalue weighted by Crippen LogP contribution is 2.40. The summed E-state index contributed by atoms with van der Waals surface area (Å²) in [5.41, 5.74) is 7.72. The van der Waals surface area contributed by atoms with Gasteiger partial charge in [-0.2, -0.15) is 0 Å². The molecule has 1 saturated carbocycles. The number of hydrogen-bond acceptors (Lipinski definition) is 1. The van der Waals surface area contributed by atoms with Crippen LogP contribution < -0.4 is 0 Å². The van der Waals surface area contributed by atoms with Crippen molar-refractivity contribution < 1.29 is 5.11 Å². The molecule has 3 aromatic carbocycles. The Balaban J connectivity index is 1.48. The Morgan fingerprint density at radius 3 is 2.03 bits per heavy atom. The molecule has 1 aliphatic carbocycles. The number of phenolic OH excluding ortho intramolecular Hbond substituents is 1. The summed E-state index contributed by atoms with van der Waals surface area (Å²) < 4.78 is 1.40. The van der Waals surface area contributed by atoms with E-state index in [1.165, 1.54) is 73.6 Å². The fourth-order valence-electron chi connectivity index (χ4n) is 5.48. The smallest absolute Gasteiger partial charge is 0.143 e. The van der Waals surface area contributed by atoms with Crippen LogP contribution in [0.25, 0.3) is 22.3 Å². The topological polar surface area (TPSA) is 20.2 Å². The first-order valence-corrected chi connectivity index (χ1v) is 14.5. The maximum Gasteiger partial charge on any atom is 0.143 e. The number of halogens is 2. The molecule has 0 amide bonds. The van der Waals surface area contributed by atoms with Crippen molar-refractivity contribution in [2.24, 2.45) is 5.92 Å². The molecule has 0 radical (unpaired) electrons. The van der Waals surface area contributed by atoms with Crippen molar-refractivity contribution in [3.8, 4) is 28.0 Å². The fourth-order valence-corrected chi connectivity index (χ4v) is 6.67. The van der Waals surface area contributed by atoms with Crippen LogP contribution in [0.2, 0.25) is 0 Å². The summed E-state index contributed by atoms with van der Waals surface area (Å²) >= 11 is 6.92. The monoisotopic (exact) mass is 582 g/mol. The highest BCUT2D eigenvalue weighted by atomic mass is 79.9. The van der Waals surface area contributed by atoms with E-state index >= 15 is 0 Å². The number of phenols is 1. The van der Waals surface area contributed by atoms with E-state index in [1.807, 2.05) is 12.1 Å². The highest BCUT2D eigenvalue weighted by molar-refractivity contribution is 9.11. The number of unbranched alkanes of at least 4 members (excludes halogenated alkanes) is 2. The lowest BCUT2D eigenvalue weighted by Crippen LogP contribution is -2.13. The number of benzene rings is 3. The molecule has 4 rings (SSSR count). The lowest BCUT2D eigenvalue weighted by molar-refractivity contribution is 0.303. The molecule has 0 saturated heterocycles. The van der Waals surface area contributed by atoms with E-state index in [1.54, 1.807) is 0 Å². The van der Waals surface area contributed by atoms with Gasteiger partial charge in [0.15, 0.2) is 0 Å². The lowest BCUT2D eigenvalue weighted by atomic mass is 9.77. The maximum absolute atomic E-state index is 10.1. The van der Waals surface area contributed by atoms with E-state index in [4.69, 9.17) is 0 Å². The Kier molecular flexibility index (Phi) is 8.93. The zero-order valence-corrected chi connectivity index (χ0v) is 23.6. The number of rotatable bonds is 8. The van der Waals surface area contributed by atoms with E-state index in [0.29, 0.717) is 8.95 Å². The summed E-state index contributed by atoms with van der Waals surface area (Å²) in [5.74, 6) is 1.93. The minimum absolute atomic E-state index is 0.237. The minimum Gasteiger partial charge on any atom is -0.506 e. The molecule has 0 aromatic heterocycles. The third-order valence-corrected chi connectivity index (χ3v) is 8.80. The predicted octanol–water partition coefficient (Wildman–Crippen LogP) is 10.7. The van der Waals surface area contributed by atoms with Crippen LogP contribution in [0.4, 0.5) is 0 Å². The van der Waals surface area contributed by atoms with Crippen molar-refractivity contribution in [3.63, 3.8) is 0 Å². The van der Waals surface area contributed by atoms with Crippen molar-refractivity contribution >= 4 is 31.9 Å². The molecular weight excluding hydrogens is 548 g/mol. The van der Waals surface area contributed by atoms with Gasteiger partial charge in [-0.05, 0) is 121 Å². The second kappa shape index (κ2) is 11.9. The van der Waals surface area contributed by atoms with E-state index in [0.717, 1.165) is 29.4 Å². The van der Waals surface area contributed by atoms with E-state index in [9.17, 15) is 5.11 Å². The molecule has 0 atom stereocenters. The van der Waals surface area contributed by atoms with Crippen LogP contribution in [-0.2, 0) is 6.42 Å². The summed E-state index contributed by atoms with van der Waals surface area (Å²) in [6, 6.07) is 20.1. The van der Waals surface area contributed by atoms with Crippen LogP contribution in [0.1, 0.15) is 82.3 Å². The largest absolute Gasteiger partial charge is 0.506 e. The van der Waals surface area contributed by atoms with Crippen molar-refractivity contribution in [2.75, 3.05) is 0 Å². The standard InChI is InChI=1S/C31H36Br2O/c1-3-5-6-7-21-8-10-23(11-9-21)24-12-14-25(15-13-24)28-17-16-26(18-22(28)4-2)27-19-29(32)31(34)30(33)20-27/h12-21,23,34H,3-11H2,1-2H3. The second-order valence-corrected chi connectivity index (χ2v) is 11.6. The molecule has 1 fully saturated rings. The van der Waals surface area contributed by atoms with Crippen molar-refractivity contribution in [2.45, 2.75) is 77.6 Å². The van der Waals surface area contributed by atoms with Gasteiger partial charge in [-0.15, -0.1) is 0 Å². The Morgan fingerprint density at radius 1 is 0.765 bits per heavy atom. The fraction of sp³-hybridized carbons (Fsp3) is 0.419. The summed E-state index contributed by atoms with van der Waals surface area (Å²) in [4.78, 5) is 0. The summed E-state index contributed by atoms with van der Waals surface area (Å²) in [6.45, 7) is 4.52. The Morgan fingerprint density at radius 2 is 1.41 bits per heavy atom. The van der Waals surface area contributed by atoms with E-state index in [-0.39, 0.29) is 5.75 Å². The summed E-state index contributed by atoms with van der Waals surface area (Å²) in [7, 11) is 0. The van der Waals surface area contributed by atoms with Crippen LogP contribution in [0.15, 0.2) is 63.5 Å². The van der Waals surface area contributed by atoms with Gasteiger partial charge in [-0.3, -0.25) is 0 Å². The predicted molar refractivity (Wildman–Crippen MR) is 153 cm³/mol. The normalized spacial score (nSPS) is 18.2. The van der Waals surface area contributed by atoms with Gasteiger partial charge in [0.25, 0.3) is 0 Å². The van der Waals surface area contributed by atoms with Crippen LogP contribution in [-0.4, -0.2) is 5.11 Å². The molecule has 0 spiro atoms. The molecule has 1 N–H and O–H groups in total. The van der Waals surface area contributed by atoms with Gasteiger partial charge in [0, 0.05) is 0 Å². The molecule has 1 aliphatic rings. The van der Waals surface area contributed by atoms with Gasteiger partial charge in [-0.1, -0.05) is 82.0 Å². The van der Waals surface area contributed by atoms with Crippen LogP contribution in [0.3, 0.4) is 0 Å². The zero-order chi connectivity index (χ0) is 24.1. The molecule has 0 aliphatic heterocycles. The third kappa shape index (κ3) is 5.97. The van der Waals surface area contributed by atoms with E-state index in [2.05, 4.69) is 88.2 Å². The zero-order valence-electron chi connectivity index (χ0n) is 20.4. The lowest BCUT2D eigenvalue weighted by Gasteiger charge is -2.29. The Bertz CT molecular complexity index is 1070. The first-order chi connectivity index (χ1) is 16.5. The molecule has 34 heavy (non-hydrogen) atoms. The van der Waals surface area contributed by atoms with Crippen molar-refractivity contribution in [1.29, 1.82) is 0 Å². The number of aromatic hydroxyl groups is 1.